The Kier molecular flexibility index (Phi) is 3.94. The molecule has 1 saturated heterocycles. The van der Waals surface area contributed by atoms with Crippen LogP contribution in [0.3, 0.4) is 0 Å². The van der Waals surface area contributed by atoms with E-state index in [1.165, 1.54) is 6.07 Å². The lowest BCUT2D eigenvalue weighted by Crippen LogP contribution is -2.41. The Labute approximate surface area is 128 Å². The van der Waals surface area contributed by atoms with Crippen molar-refractivity contribution < 1.29 is 19.0 Å². The minimum atomic E-state index is -0.897. The predicted octanol–water partition coefficient (Wildman–Crippen LogP) is 3.63. The van der Waals surface area contributed by atoms with E-state index in [1.807, 2.05) is 0 Å². The average Bonchev–Trinajstić information content (AvgIpc) is 2.56. The van der Waals surface area contributed by atoms with Gasteiger partial charge in [-0.25, -0.2) is 4.39 Å². The Morgan fingerprint density at radius 1 is 1.05 bits per heavy atom. The van der Waals surface area contributed by atoms with Gasteiger partial charge < -0.3 is 9.84 Å². The maximum absolute atomic E-state index is 13.8. The summed E-state index contributed by atoms with van der Waals surface area (Å²) in [6, 6.07) is 13.7. The first kappa shape index (κ1) is 14.7. The lowest BCUT2D eigenvalue weighted by molar-refractivity contribution is -0.147. The van der Waals surface area contributed by atoms with E-state index in [1.54, 1.807) is 42.5 Å². The molecule has 2 aromatic rings. The van der Waals surface area contributed by atoms with Crippen LogP contribution in [0.1, 0.15) is 18.4 Å². The molecule has 2 aromatic carbocycles. The van der Waals surface area contributed by atoms with E-state index < -0.39 is 11.4 Å². The smallest absolute Gasteiger partial charge is 0.314 e. The van der Waals surface area contributed by atoms with Crippen molar-refractivity contribution in [2.75, 3.05) is 13.2 Å². The molecule has 3 rings (SSSR count). The van der Waals surface area contributed by atoms with E-state index in [4.69, 9.17) is 4.74 Å². The number of hydrogen-bond acceptors (Lipinski definition) is 2. The van der Waals surface area contributed by atoms with Crippen LogP contribution >= 0.6 is 0 Å². The van der Waals surface area contributed by atoms with Crippen LogP contribution < -0.4 is 0 Å². The van der Waals surface area contributed by atoms with E-state index in [-0.39, 0.29) is 5.82 Å². The lowest BCUT2D eigenvalue weighted by Gasteiger charge is -2.33. The van der Waals surface area contributed by atoms with Crippen molar-refractivity contribution in [3.63, 3.8) is 0 Å². The maximum atomic E-state index is 13.8. The molecule has 1 fully saturated rings. The molecule has 0 aromatic heterocycles. The molecule has 0 aliphatic carbocycles. The second-order valence-corrected chi connectivity index (χ2v) is 5.56. The van der Waals surface area contributed by atoms with Gasteiger partial charge in [0.15, 0.2) is 0 Å². The van der Waals surface area contributed by atoms with E-state index in [2.05, 4.69) is 0 Å². The minimum Gasteiger partial charge on any atom is -0.481 e. The number of carbonyl (C=O) groups is 1. The first-order valence-electron chi connectivity index (χ1n) is 7.30. The summed E-state index contributed by atoms with van der Waals surface area (Å²) >= 11 is 0. The standard InChI is InChI=1S/C18H17FO3/c19-16-4-2-1-3-15(16)13-5-7-14(8-6-13)18(17(20)21)9-11-22-12-10-18/h1-8H,9-12H2,(H,20,21). The van der Waals surface area contributed by atoms with Crippen LogP contribution in [0.2, 0.25) is 0 Å². The second-order valence-electron chi connectivity index (χ2n) is 5.56. The van der Waals surface area contributed by atoms with Gasteiger partial charge in [0.1, 0.15) is 5.82 Å². The molecule has 1 heterocycles. The molecule has 114 valence electrons. The number of carboxylic acid groups (broad SMARTS) is 1. The van der Waals surface area contributed by atoms with Crippen molar-refractivity contribution in [1.29, 1.82) is 0 Å². The summed E-state index contributed by atoms with van der Waals surface area (Å²) in [6.07, 6.45) is 0.919. The summed E-state index contributed by atoms with van der Waals surface area (Å²) in [4.78, 5) is 11.8. The molecular formula is C18H17FO3. The Bertz CT molecular complexity index is 673. The maximum Gasteiger partial charge on any atom is 0.314 e. The van der Waals surface area contributed by atoms with Crippen molar-refractivity contribution in [2.45, 2.75) is 18.3 Å². The number of benzene rings is 2. The summed E-state index contributed by atoms with van der Waals surface area (Å²) in [5, 5.41) is 9.66. The fourth-order valence-electron chi connectivity index (χ4n) is 3.01. The van der Waals surface area contributed by atoms with Crippen LogP contribution in [0, 0.1) is 5.82 Å². The second kappa shape index (κ2) is 5.89. The Morgan fingerprint density at radius 3 is 2.27 bits per heavy atom. The molecular weight excluding hydrogens is 283 g/mol. The van der Waals surface area contributed by atoms with Crippen LogP contribution in [-0.2, 0) is 14.9 Å². The van der Waals surface area contributed by atoms with E-state index >= 15 is 0 Å². The third kappa shape index (κ3) is 2.50. The van der Waals surface area contributed by atoms with Gasteiger partial charge in [0.05, 0.1) is 5.41 Å². The average molecular weight is 300 g/mol. The minimum absolute atomic E-state index is 0.283. The number of ether oxygens (including phenoxy) is 1. The first-order valence-corrected chi connectivity index (χ1v) is 7.30. The van der Waals surface area contributed by atoms with Crippen molar-refractivity contribution in [3.05, 3.63) is 59.9 Å². The molecule has 0 bridgehead atoms. The molecule has 0 spiro atoms. The molecule has 3 nitrogen and oxygen atoms in total. The molecule has 0 atom stereocenters. The Morgan fingerprint density at radius 2 is 1.68 bits per heavy atom. The molecule has 1 aliphatic rings. The van der Waals surface area contributed by atoms with Crippen LogP contribution in [0.25, 0.3) is 11.1 Å². The van der Waals surface area contributed by atoms with E-state index in [0.29, 0.717) is 31.6 Å². The zero-order valence-corrected chi connectivity index (χ0v) is 12.1. The summed E-state index contributed by atoms with van der Waals surface area (Å²) in [6.45, 7) is 0.892. The Balaban J connectivity index is 1.97. The van der Waals surface area contributed by atoms with Gasteiger partial charge in [0.25, 0.3) is 0 Å². The molecule has 0 amide bonds. The van der Waals surface area contributed by atoms with E-state index in [0.717, 1.165) is 11.1 Å². The third-order valence-corrected chi connectivity index (χ3v) is 4.38. The summed E-state index contributed by atoms with van der Waals surface area (Å²) < 4.78 is 19.1. The molecule has 22 heavy (non-hydrogen) atoms. The van der Waals surface area contributed by atoms with Crippen LogP contribution in [0.15, 0.2) is 48.5 Å². The highest BCUT2D eigenvalue weighted by atomic mass is 19.1. The largest absolute Gasteiger partial charge is 0.481 e. The van der Waals surface area contributed by atoms with Crippen molar-refractivity contribution in [1.82, 2.24) is 0 Å². The molecule has 4 heteroatoms. The molecule has 0 radical (unpaired) electrons. The third-order valence-electron chi connectivity index (χ3n) is 4.38. The number of rotatable bonds is 3. The normalized spacial score (nSPS) is 17.1. The topological polar surface area (TPSA) is 46.5 Å². The van der Waals surface area contributed by atoms with Gasteiger partial charge in [-0.15, -0.1) is 0 Å². The molecule has 1 N–H and O–H groups in total. The van der Waals surface area contributed by atoms with Crippen LogP contribution in [-0.4, -0.2) is 24.3 Å². The molecule has 0 saturated carbocycles. The van der Waals surface area contributed by atoms with E-state index in [9.17, 15) is 14.3 Å². The zero-order valence-electron chi connectivity index (χ0n) is 12.1. The fourth-order valence-corrected chi connectivity index (χ4v) is 3.01. The SMILES string of the molecule is O=C(O)C1(c2ccc(-c3ccccc3F)cc2)CCOCC1. The summed E-state index contributed by atoms with van der Waals surface area (Å²) in [7, 11) is 0. The number of halogens is 1. The van der Waals surface area contributed by atoms with Crippen molar-refractivity contribution in [2.24, 2.45) is 0 Å². The number of hydrogen-bond donors (Lipinski definition) is 1. The van der Waals surface area contributed by atoms with Gasteiger partial charge in [-0.2, -0.15) is 0 Å². The monoisotopic (exact) mass is 300 g/mol. The highest BCUT2D eigenvalue weighted by Gasteiger charge is 2.41. The van der Waals surface area contributed by atoms with Gasteiger partial charge in [-0.3, -0.25) is 4.79 Å². The summed E-state index contributed by atoms with van der Waals surface area (Å²) in [5.74, 6) is -1.11. The van der Waals surface area contributed by atoms with Gasteiger partial charge >= 0.3 is 5.97 Å². The molecule has 0 unspecified atom stereocenters. The fraction of sp³-hybridized carbons (Fsp3) is 0.278. The number of aliphatic carboxylic acids is 1. The van der Waals surface area contributed by atoms with Crippen molar-refractivity contribution >= 4 is 5.97 Å². The Hall–Kier alpha value is -2.20. The van der Waals surface area contributed by atoms with Crippen molar-refractivity contribution in [3.8, 4) is 11.1 Å². The van der Waals surface area contributed by atoms with Gasteiger partial charge in [-0.1, -0.05) is 42.5 Å². The van der Waals surface area contributed by atoms with Gasteiger partial charge in [-0.05, 0) is 30.0 Å². The predicted molar refractivity (Wildman–Crippen MR) is 81.2 cm³/mol. The summed E-state index contributed by atoms with van der Waals surface area (Å²) in [5.41, 5.74) is 1.12. The highest BCUT2D eigenvalue weighted by Crippen LogP contribution is 2.36. The number of carboxylic acids is 1. The zero-order chi connectivity index (χ0) is 15.6. The van der Waals surface area contributed by atoms with Gasteiger partial charge in [0, 0.05) is 18.8 Å². The first-order chi connectivity index (χ1) is 10.6. The highest BCUT2D eigenvalue weighted by molar-refractivity contribution is 5.82. The van der Waals surface area contributed by atoms with Crippen LogP contribution in [0.5, 0.6) is 0 Å². The van der Waals surface area contributed by atoms with Crippen LogP contribution in [0.4, 0.5) is 4.39 Å². The quantitative estimate of drug-likeness (QED) is 0.941. The molecule has 1 aliphatic heterocycles. The lowest BCUT2D eigenvalue weighted by atomic mass is 9.74. The van der Waals surface area contributed by atoms with Gasteiger partial charge in [0.2, 0.25) is 0 Å².